The number of aromatic nitrogens is 9. The van der Waals surface area contributed by atoms with Gasteiger partial charge < -0.3 is 14.7 Å². The number of hydrogen-bond acceptors (Lipinski definition) is 10. The first kappa shape index (κ1) is 70.2. The largest absolute Gasteiger partial charge is 0.306 e. The van der Waals surface area contributed by atoms with Crippen LogP contribution >= 0.6 is 0 Å². The molecular formula is C48H96N12. The molecule has 348 valence electrons. The second-order valence-electron chi connectivity index (χ2n) is 14.1. The minimum absolute atomic E-state index is 0. The summed E-state index contributed by atoms with van der Waals surface area (Å²) in [4.78, 5) is 26.8. The van der Waals surface area contributed by atoms with E-state index in [0.717, 1.165) is 40.2 Å². The van der Waals surface area contributed by atoms with E-state index >= 15 is 0 Å². The molecule has 60 heavy (non-hydrogen) atoms. The van der Waals surface area contributed by atoms with E-state index in [4.69, 9.17) is 0 Å². The van der Waals surface area contributed by atoms with Crippen LogP contribution in [-0.2, 0) is 14.1 Å². The van der Waals surface area contributed by atoms with Gasteiger partial charge in [-0.1, -0.05) is 94.3 Å². The van der Waals surface area contributed by atoms with Gasteiger partial charge >= 0.3 is 0 Å². The van der Waals surface area contributed by atoms with Crippen molar-refractivity contribution in [3.8, 4) is 0 Å². The number of rotatable bonds is 0. The Morgan fingerprint density at radius 2 is 0.817 bits per heavy atom. The van der Waals surface area contributed by atoms with Crippen molar-refractivity contribution in [3.05, 3.63) is 113 Å². The van der Waals surface area contributed by atoms with E-state index in [2.05, 4.69) is 116 Å². The molecule has 0 N–H and O–H groups in total. The van der Waals surface area contributed by atoms with Gasteiger partial charge in [-0.2, -0.15) is 10.2 Å². The quantitative estimate of drug-likeness (QED) is 0.149. The Morgan fingerprint density at radius 1 is 0.433 bits per heavy atom. The van der Waals surface area contributed by atoms with Gasteiger partial charge in [0.15, 0.2) is 0 Å². The summed E-state index contributed by atoms with van der Waals surface area (Å²) < 4.78 is 3.46. The van der Waals surface area contributed by atoms with E-state index in [0.29, 0.717) is 0 Å². The van der Waals surface area contributed by atoms with Crippen LogP contribution in [0.2, 0.25) is 0 Å². The van der Waals surface area contributed by atoms with Crippen molar-refractivity contribution in [2.45, 2.75) is 121 Å². The lowest BCUT2D eigenvalue weighted by molar-refractivity contribution is 0.181. The summed E-state index contributed by atoms with van der Waals surface area (Å²) in [7, 11) is 10.3. The Kier molecular flexibility index (Phi) is 46.8. The van der Waals surface area contributed by atoms with Gasteiger partial charge in [-0.05, 0) is 113 Å². The molecule has 2 aliphatic heterocycles. The highest BCUT2D eigenvalue weighted by molar-refractivity contribution is 5.19. The molecule has 12 nitrogen and oxygen atoms in total. The lowest BCUT2D eigenvalue weighted by atomic mass is 10.2. The highest BCUT2D eigenvalue weighted by Crippen LogP contribution is 2.11. The van der Waals surface area contributed by atoms with Crippen LogP contribution in [-0.4, -0.2) is 120 Å². The van der Waals surface area contributed by atoms with Crippen LogP contribution in [0, 0.1) is 61.3 Å². The van der Waals surface area contributed by atoms with E-state index < -0.39 is 0 Å². The zero-order valence-corrected chi connectivity index (χ0v) is 35.2. The Morgan fingerprint density at radius 3 is 0.983 bits per heavy atom. The van der Waals surface area contributed by atoms with E-state index in [-0.39, 0.29) is 52.0 Å². The molecule has 5 aromatic rings. The number of nitrogens with zero attached hydrogens (tertiary/aromatic N) is 12. The number of piperazine rings is 1. The monoisotopic (exact) mass is 841 g/mol. The Bertz CT molecular complexity index is 1350. The molecule has 1 atom stereocenters. The third kappa shape index (κ3) is 37.9. The van der Waals surface area contributed by atoms with Crippen LogP contribution in [0.5, 0.6) is 0 Å². The minimum atomic E-state index is 0. The lowest BCUT2D eigenvalue weighted by Gasteiger charge is -2.28. The van der Waals surface area contributed by atoms with Crippen molar-refractivity contribution in [1.82, 2.24) is 59.2 Å². The molecule has 0 saturated carbocycles. The van der Waals surface area contributed by atoms with Crippen LogP contribution in [0.15, 0.2) is 67.6 Å². The van der Waals surface area contributed by atoms with Gasteiger partial charge in [0.05, 0.1) is 5.69 Å². The van der Waals surface area contributed by atoms with Crippen LogP contribution in [0.25, 0.3) is 0 Å². The molecule has 0 aliphatic carbocycles. The van der Waals surface area contributed by atoms with Gasteiger partial charge in [-0.25, -0.2) is 24.9 Å². The zero-order valence-electron chi connectivity index (χ0n) is 35.2. The first-order chi connectivity index (χ1) is 25.0. The Hall–Kier alpha value is -4.39. The van der Waals surface area contributed by atoms with Gasteiger partial charge in [-0.3, -0.25) is 9.36 Å². The SMILES string of the molecule is C.C.C.C.C.C.C.CC1CCN(C)C1.CN1CCN(C)CC1.Cc1ccc(C)cc1.Cc1ccn(C)n1.Cc1cnc(C)nc1.Cc1cnc(C)nc1.Cc1ncn(C)n1. The highest BCUT2D eigenvalue weighted by Gasteiger charge is 2.13. The van der Waals surface area contributed by atoms with E-state index in [1.54, 1.807) is 15.7 Å². The van der Waals surface area contributed by atoms with Gasteiger partial charge in [0.1, 0.15) is 23.8 Å². The fourth-order valence-corrected chi connectivity index (χ4v) is 4.59. The van der Waals surface area contributed by atoms with E-state index in [9.17, 15) is 0 Å². The lowest BCUT2D eigenvalue weighted by Crippen LogP contribution is -2.42. The smallest absolute Gasteiger partial charge is 0.147 e. The molecule has 7 rings (SSSR count). The maximum absolute atomic E-state index is 4.03. The van der Waals surface area contributed by atoms with Crippen LogP contribution in [0.4, 0.5) is 0 Å². The maximum Gasteiger partial charge on any atom is 0.147 e. The van der Waals surface area contributed by atoms with Crippen LogP contribution < -0.4 is 0 Å². The predicted octanol–water partition coefficient (Wildman–Crippen LogP) is 10.6. The summed E-state index contributed by atoms with van der Waals surface area (Å²) in [6.07, 6.45) is 12.2. The molecule has 0 bridgehead atoms. The first-order valence-corrected chi connectivity index (χ1v) is 18.4. The average Bonchev–Trinajstić information content (AvgIpc) is 3.83. The molecular weight excluding hydrogens is 745 g/mol. The fraction of sp³-hybridized carbons (Fsp3) is 0.604. The Balaban J connectivity index is -0.000000107. The minimum Gasteiger partial charge on any atom is -0.306 e. The second-order valence-corrected chi connectivity index (χ2v) is 14.1. The zero-order chi connectivity index (χ0) is 39.8. The Labute approximate surface area is 372 Å². The molecule has 6 heterocycles. The summed E-state index contributed by atoms with van der Waals surface area (Å²) >= 11 is 0. The third-order valence-electron chi connectivity index (χ3n) is 7.95. The van der Waals surface area contributed by atoms with Gasteiger partial charge in [0, 0.05) is 77.8 Å². The van der Waals surface area contributed by atoms with Crippen molar-refractivity contribution in [2.24, 2.45) is 20.0 Å². The molecule has 2 aliphatic rings. The van der Waals surface area contributed by atoms with Crippen LogP contribution in [0.1, 0.15) is 111 Å². The normalized spacial score (nSPS) is 13.4. The average molecular weight is 841 g/mol. The summed E-state index contributed by atoms with van der Waals surface area (Å²) in [5, 5.41) is 7.94. The molecule has 2 fully saturated rings. The standard InChI is InChI=1S/C8H10.C6H14N2.2C6H8N2.C6H13N.C5H8N2.C4H7N3.7CH4/c2*1-7-3-5-8(2)6-4-7;2*1-5-3-7-6(2)8-4-5;1-6-3-4-7(2)5-6;1-5-3-4-7(2)6-5;1-4-5-3-7(2)6-4;;;;;;;/h3-6H,1-2H3;3-6H2,1-2H3;2*3-4H,1-2H3;6H,3-5H2,1-2H3;3-4H,1-2H3;3H,1-2H3;7*1H4. The molecule has 1 unspecified atom stereocenters. The highest BCUT2D eigenvalue weighted by atomic mass is 15.3. The third-order valence-corrected chi connectivity index (χ3v) is 7.95. The van der Waals surface area contributed by atoms with Crippen LogP contribution in [0.3, 0.4) is 0 Å². The first-order valence-electron chi connectivity index (χ1n) is 18.4. The summed E-state index contributed by atoms with van der Waals surface area (Å²) in [5.41, 5.74) is 5.94. The molecule has 0 radical (unpaired) electrons. The second kappa shape index (κ2) is 40.0. The van der Waals surface area contributed by atoms with Crippen molar-refractivity contribution in [3.63, 3.8) is 0 Å². The van der Waals surface area contributed by atoms with E-state index in [1.165, 1.54) is 56.8 Å². The molecule has 0 spiro atoms. The molecule has 12 heteroatoms. The number of hydrogen-bond donors (Lipinski definition) is 0. The van der Waals surface area contributed by atoms with Gasteiger partial charge in [0.2, 0.25) is 0 Å². The van der Waals surface area contributed by atoms with Crippen molar-refractivity contribution in [2.75, 3.05) is 60.4 Å². The topological polar surface area (TPSA) is 110 Å². The molecule has 4 aromatic heterocycles. The number of benzene rings is 1. The molecule has 0 amide bonds. The summed E-state index contributed by atoms with van der Waals surface area (Å²) in [6, 6.07) is 10.5. The van der Waals surface area contributed by atoms with Crippen molar-refractivity contribution < 1.29 is 0 Å². The number of likely N-dealkylation sites (N-methyl/N-ethyl adjacent to an activating group) is 2. The van der Waals surface area contributed by atoms with E-state index in [1.807, 2.05) is 92.7 Å². The molecule has 1 aromatic carbocycles. The van der Waals surface area contributed by atoms with Crippen molar-refractivity contribution >= 4 is 0 Å². The number of likely N-dealkylation sites (tertiary alicyclic amines) is 1. The maximum atomic E-state index is 4.03. The molecule has 2 saturated heterocycles. The number of aryl methyl sites for hydroxylation is 10. The van der Waals surface area contributed by atoms with Gasteiger partial charge in [-0.15, -0.1) is 0 Å². The summed E-state index contributed by atoms with van der Waals surface area (Å²) in [6.45, 7) is 25.6. The van der Waals surface area contributed by atoms with Crippen molar-refractivity contribution in [1.29, 1.82) is 0 Å². The predicted molar refractivity (Wildman–Crippen MR) is 266 cm³/mol. The fourth-order valence-electron chi connectivity index (χ4n) is 4.59. The summed E-state index contributed by atoms with van der Waals surface area (Å²) in [5.74, 6) is 3.43. The van der Waals surface area contributed by atoms with Gasteiger partial charge in [0.25, 0.3) is 0 Å².